The Morgan fingerprint density at radius 1 is 1.10 bits per heavy atom. The molecular formula is C14H21ClN3O2+. The molecule has 0 bridgehead atoms. The first kappa shape index (κ1) is 16.5. The molecule has 6 heteroatoms. The van der Waals surface area contributed by atoms with Crippen LogP contribution < -0.4 is 15.5 Å². The summed E-state index contributed by atoms with van der Waals surface area (Å²) in [6.45, 7) is 5.70. The van der Waals surface area contributed by atoms with E-state index in [2.05, 4.69) is 10.6 Å². The topological polar surface area (TPSA) is 62.6 Å². The number of likely N-dealkylation sites (N-methyl/N-ethyl adjacent to an activating group) is 2. The fraction of sp³-hybridized carbons (Fsp3) is 0.429. The molecule has 20 heavy (non-hydrogen) atoms. The third-order valence-electron chi connectivity index (χ3n) is 2.82. The summed E-state index contributed by atoms with van der Waals surface area (Å²) in [6, 6.07) is 6.93. The van der Waals surface area contributed by atoms with Gasteiger partial charge >= 0.3 is 0 Å². The van der Waals surface area contributed by atoms with Crippen LogP contribution in [0.2, 0.25) is 5.02 Å². The maximum absolute atomic E-state index is 11.9. The van der Waals surface area contributed by atoms with Gasteiger partial charge in [-0.15, -0.1) is 0 Å². The summed E-state index contributed by atoms with van der Waals surface area (Å²) < 4.78 is 0. The van der Waals surface area contributed by atoms with Crippen molar-refractivity contribution in [1.29, 1.82) is 0 Å². The number of carbonyl (C=O) groups is 2. The molecule has 3 N–H and O–H groups in total. The zero-order chi connectivity index (χ0) is 15.0. The van der Waals surface area contributed by atoms with Crippen molar-refractivity contribution in [3.05, 3.63) is 29.3 Å². The Kier molecular flexibility index (Phi) is 7.04. The number of hydrogen-bond acceptors (Lipinski definition) is 2. The summed E-state index contributed by atoms with van der Waals surface area (Å²) in [5.74, 6) is -0.155. The van der Waals surface area contributed by atoms with Crippen molar-refractivity contribution >= 4 is 29.1 Å². The van der Waals surface area contributed by atoms with E-state index in [4.69, 9.17) is 11.6 Å². The van der Waals surface area contributed by atoms with Gasteiger partial charge in [-0.25, -0.2) is 0 Å². The maximum Gasteiger partial charge on any atom is 0.279 e. The van der Waals surface area contributed by atoms with Gasteiger partial charge in [0, 0.05) is 17.3 Å². The van der Waals surface area contributed by atoms with Gasteiger partial charge in [0.25, 0.3) is 11.8 Å². The SMILES string of the molecule is CCNC(=O)C[NH+](CC)CC(=O)Nc1ccc(Cl)cc1. The lowest BCUT2D eigenvalue weighted by Crippen LogP contribution is -3.14. The second-order valence-corrected chi connectivity index (χ2v) is 4.90. The van der Waals surface area contributed by atoms with E-state index < -0.39 is 0 Å². The molecule has 0 spiro atoms. The van der Waals surface area contributed by atoms with Crippen molar-refractivity contribution in [2.24, 2.45) is 0 Å². The van der Waals surface area contributed by atoms with Gasteiger partial charge in [0.1, 0.15) is 0 Å². The smallest absolute Gasteiger partial charge is 0.279 e. The molecule has 0 saturated heterocycles. The van der Waals surface area contributed by atoms with E-state index in [0.29, 0.717) is 30.3 Å². The third-order valence-corrected chi connectivity index (χ3v) is 3.08. The largest absolute Gasteiger partial charge is 0.351 e. The van der Waals surface area contributed by atoms with Crippen LogP contribution in [0.25, 0.3) is 0 Å². The summed E-state index contributed by atoms with van der Waals surface area (Å²) in [4.78, 5) is 24.3. The predicted octanol–water partition coefficient (Wildman–Crippen LogP) is 0.319. The first-order valence-corrected chi connectivity index (χ1v) is 7.08. The molecular weight excluding hydrogens is 278 g/mol. The van der Waals surface area contributed by atoms with Crippen molar-refractivity contribution in [2.45, 2.75) is 13.8 Å². The highest BCUT2D eigenvalue weighted by Crippen LogP contribution is 2.12. The van der Waals surface area contributed by atoms with Crippen LogP contribution in [0.3, 0.4) is 0 Å². The summed E-state index contributed by atoms with van der Waals surface area (Å²) >= 11 is 5.78. The van der Waals surface area contributed by atoms with Crippen LogP contribution in [-0.4, -0.2) is 38.0 Å². The number of quaternary nitrogens is 1. The Hall–Kier alpha value is -1.59. The predicted molar refractivity (Wildman–Crippen MR) is 80.0 cm³/mol. The molecule has 1 aromatic carbocycles. The van der Waals surface area contributed by atoms with Crippen LogP contribution in [0.15, 0.2) is 24.3 Å². The standard InChI is InChI=1S/C14H20ClN3O2/c1-3-16-13(19)9-18(4-2)10-14(20)17-12-7-5-11(15)6-8-12/h5-8H,3-4,9-10H2,1-2H3,(H,16,19)(H,17,20)/p+1. The molecule has 2 amide bonds. The summed E-state index contributed by atoms with van der Waals surface area (Å²) in [5, 5.41) is 6.15. The molecule has 1 rings (SSSR count). The molecule has 5 nitrogen and oxygen atoms in total. The second kappa shape index (κ2) is 8.55. The fourth-order valence-electron chi connectivity index (χ4n) is 1.76. The van der Waals surface area contributed by atoms with Gasteiger partial charge in [-0.05, 0) is 38.1 Å². The minimum absolute atomic E-state index is 0.0383. The molecule has 0 aromatic heterocycles. The first-order chi connectivity index (χ1) is 9.55. The molecule has 0 aliphatic carbocycles. The number of anilines is 1. The van der Waals surface area contributed by atoms with Crippen molar-refractivity contribution in [1.82, 2.24) is 5.32 Å². The van der Waals surface area contributed by atoms with E-state index in [1.807, 2.05) is 13.8 Å². The van der Waals surface area contributed by atoms with Crippen molar-refractivity contribution in [2.75, 3.05) is 31.5 Å². The normalized spacial score (nSPS) is 11.8. The van der Waals surface area contributed by atoms with E-state index >= 15 is 0 Å². The molecule has 1 aromatic rings. The molecule has 0 heterocycles. The quantitative estimate of drug-likeness (QED) is 0.679. The first-order valence-electron chi connectivity index (χ1n) is 6.70. The highest BCUT2D eigenvalue weighted by atomic mass is 35.5. The van der Waals surface area contributed by atoms with Gasteiger partial charge < -0.3 is 15.5 Å². The van der Waals surface area contributed by atoms with Crippen LogP contribution in [-0.2, 0) is 9.59 Å². The molecule has 1 atom stereocenters. The lowest BCUT2D eigenvalue weighted by atomic mass is 10.3. The van der Waals surface area contributed by atoms with Gasteiger partial charge in [-0.1, -0.05) is 11.6 Å². The van der Waals surface area contributed by atoms with Crippen LogP contribution >= 0.6 is 11.6 Å². The lowest BCUT2D eigenvalue weighted by Gasteiger charge is -2.16. The highest BCUT2D eigenvalue weighted by molar-refractivity contribution is 6.30. The Balaban J connectivity index is 2.46. The van der Waals surface area contributed by atoms with Gasteiger partial charge in [0.05, 0.1) is 6.54 Å². The number of halogens is 1. The minimum atomic E-state index is -0.117. The molecule has 0 radical (unpaired) electrons. The fourth-order valence-corrected chi connectivity index (χ4v) is 1.89. The van der Waals surface area contributed by atoms with E-state index in [1.165, 1.54) is 0 Å². The zero-order valence-corrected chi connectivity index (χ0v) is 12.6. The molecule has 110 valence electrons. The Morgan fingerprint density at radius 2 is 1.70 bits per heavy atom. The van der Waals surface area contributed by atoms with E-state index in [0.717, 1.165) is 4.90 Å². The average molecular weight is 299 g/mol. The molecule has 0 fully saturated rings. The Morgan fingerprint density at radius 3 is 2.25 bits per heavy atom. The molecule has 0 saturated carbocycles. The van der Waals surface area contributed by atoms with E-state index in [1.54, 1.807) is 24.3 Å². The zero-order valence-electron chi connectivity index (χ0n) is 11.8. The molecule has 1 unspecified atom stereocenters. The number of nitrogens with one attached hydrogen (secondary N) is 3. The van der Waals surface area contributed by atoms with Crippen molar-refractivity contribution in [3.8, 4) is 0 Å². The van der Waals surface area contributed by atoms with Crippen LogP contribution in [0.4, 0.5) is 5.69 Å². The van der Waals surface area contributed by atoms with Gasteiger partial charge in [0.2, 0.25) is 0 Å². The van der Waals surface area contributed by atoms with Crippen LogP contribution in [0.1, 0.15) is 13.8 Å². The van der Waals surface area contributed by atoms with E-state index in [-0.39, 0.29) is 18.4 Å². The van der Waals surface area contributed by atoms with Crippen molar-refractivity contribution in [3.63, 3.8) is 0 Å². The monoisotopic (exact) mass is 298 g/mol. The number of benzene rings is 1. The average Bonchev–Trinajstić information content (AvgIpc) is 2.41. The van der Waals surface area contributed by atoms with Crippen molar-refractivity contribution < 1.29 is 14.5 Å². The Labute approximate surface area is 124 Å². The summed E-state index contributed by atoms with van der Waals surface area (Å²) in [5.41, 5.74) is 0.702. The number of hydrogen-bond donors (Lipinski definition) is 3. The summed E-state index contributed by atoms with van der Waals surface area (Å²) in [6.07, 6.45) is 0. The number of amides is 2. The Bertz CT molecular complexity index is 448. The second-order valence-electron chi connectivity index (χ2n) is 4.47. The summed E-state index contributed by atoms with van der Waals surface area (Å²) in [7, 11) is 0. The van der Waals surface area contributed by atoms with Crippen LogP contribution in [0, 0.1) is 0 Å². The van der Waals surface area contributed by atoms with E-state index in [9.17, 15) is 9.59 Å². The lowest BCUT2D eigenvalue weighted by molar-refractivity contribution is -0.881. The van der Waals surface area contributed by atoms with Gasteiger partial charge in [-0.3, -0.25) is 9.59 Å². The molecule has 0 aliphatic rings. The van der Waals surface area contributed by atoms with Gasteiger partial charge in [-0.2, -0.15) is 0 Å². The third kappa shape index (κ3) is 6.04. The molecule has 0 aliphatic heterocycles. The number of carbonyl (C=O) groups excluding carboxylic acids is 2. The van der Waals surface area contributed by atoms with Gasteiger partial charge in [0.15, 0.2) is 13.1 Å². The number of rotatable bonds is 7. The minimum Gasteiger partial charge on any atom is -0.351 e. The maximum atomic E-state index is 11.9. The van der Waals surface area contributed by atoms with Crippen LogP contribution in [0.5, 0.6) is 0 Å². The highest BCUT2D eigenvalue weighted by Gasteiger charge is 2.16.